The van der Waals surface area contributed by atoms with Crippen molar-refractivity contribution in [2.24, 2.45) is 11.5 Å². The quantitative estimate of drug-likeness (QED) is 0.560. The highest BCUT2D eigenvalue weighted by Gasteiger charge is 2.24. The number of nitrogens with zero attached hydrogens (tertiary/aromatic N) is 1. The number of nitrogens with two attached hydrogens (primary N) is 2. The highest BCUT2D eigenvalue weighted by atomic mass is 16.1. The lowest BCUT2D eigenvalue weighted by Crippen LogP contribution is -2.50. The Bertz CT molecular complexity index is 143. The maximum Gasteiger partial charge on any atom is 0.237 e. The lowest BCUT2D eigenvalue weighted by molar-refractivity contribution is -0.122. The van der Waals surface area contributed by atoms with Gasteiger partial charge in [0.25, 0.3) is 0 Å². The minimum absolute atomic E-state index is 0.445. The van der Waals surface area contributed by atoms with Crippen molar-refractivity contribution in [2.45, 2.75) is 18.9 Å². The van der Waals surface area contributed by atoms with Gasteiger partial charge in [-0.05, 0) is 34.0 Å². The van der Waals surface area contributed by atoms with Gasteiger partial charge in [0.2, 0.25) is 5.91 Å². The van der Waals surface area contributed by atoms with Crippen LogP contribution in [0.1, 0.15) is 13.3 Å². The summed E-state index contributed by atoms with van der Waals surface area (Å²) in [4.78, 5) is 12.7. The van der Waals surface area contributed by atoms with Crippen LogP contribution in [0.15, 0.2) is 0 Å². The molecule has 0 aromatic heterocycles. The summed E-state index contributed by atoms with van der Waals surface area (Å²) >= 11 is 0. The third-order valence-corrected chi connectivity index (χ3v) is 1.64. The first-order valence-corrected chi connectivity index (χ1v) is 3.60. The zero-order valence-corrected chi connectivity index (χ0v) is 7.42. The van der Waals surface area contributed by atoms with Crippen LogP contribution >= 0.6 is 0 Å². The Labute approximate surface area is 67.5 Å². The number of hydrogen-bond donors (Lipinski definition) is 2. The topological polar surface area (TPSA) is 72.3 Å². The van der Waals surface area contributed by atoms with E-state index in [4.69, 9.17) is 11.5 Å². The summed E-state index contributed by atoms with van der Waals surface area (Å²) in [6.07, 6.45) is 0.593. The number of carbonyl (C=O) groups excluding carboxylic acids is 1. The van der Waals surface area contributed by atoms with Crippen LogP contribution < -0.4 is 11.5 Å². The van der Waals surface area contributed by atoms with E-state index in [-0.39, 0.29) is 0 Å². The van der Waals surface area contributed by atoms with Gasteiger partial charge in [0.15, 0.2) is 0 Å². The molecule has 0 aromatic rings. The molecule has 0 aliphatic carbocycles. The van der Waals surface area contributed by atoms with E-state index in [2.05, 4.69) is 0 Å². The van der Waals surface area contributed by atoms with Crippen LogP contribution in [0.3, 0.4) is 0 Å². The van der Waals surface area contributed by atoms with E-state index in [9.17, 15) is 4.79 Å². The smallest absolute Gasteiger partial charge is 0.237 e. The summed E-state index contributed by atoms with van der Waals surface area (Å²) in [6.45, 7) is 2.43. The normalized spacial score (nSPS) is 16.5. The standard InChI is InChI=1S/C7H17N3O/c1-7(9,6(8)11)4-5-10(2)3/h4-5,9H2,1-3H3,(H2,8,11). The minimum Gasteiger partial charge on any atom is -0.368 e. The summed E-state index contributed by atoms with van der Waals surface area (Å²) in [7, 11) is 3.86. The molecular weight excluding hydrogens is 142 g/mol. The van der Waals surface area contributed by atoms with Crippen molar-refractivity contribution in [3.05, 3.63) is 0 Å². The second-order valence-corrected chi connectivity index (χ2v) is 3.33. The average Bonchev–Trinajstić information content (AvgIpc) is 1.84. The molecule has 0 rings (SSSR count). The molecule has 0 heterocycles. The fourth-order valence-corrected chi connectivity index (χ4v) is 0.579. The summed E-state index contributed by atoms with van der Waals surface area (Å²) in [5.41, 5.74) is 9.81. The maximum atomic E-state index is 10.7. The van der Waals surface area contributed by atoms with Gasteiger partial charge >= 0.3 is 0 Å². The molecule has 1 amide bonds. The van der Waals surface area contributed by atoms with Crippen molar-refractivity contribution in [3.63, 3.8) is 0 Å². The number of hydrogen-bond acceptors (Lipinski definition) is 3. The van der Waals surface area contributed by atoms with Gasteiger partial charge in [0.1, 0.15) is 0 Å². The molecule has 66 valence electrons. The molecule has 4 nitrogen and oxygen atoms in total. The zero-order chi connectivity index (χ0) is 9.07. The Kier molecular flexibility index (Phi) is 3.48. The molecule has 1 atom stereocenters. The fourth-order valence-electron chi connectivity index (χ4n) is 0.579. The minimum atomic E-state index is -0.871. The van der Waals surface area contributed by atoms with Gasteiger partial charge in [-0.2, -0.15) is 0 Å². The SMILES string of the molecule is CN(C)CCC(C)(N)C(N)=O. The van der Waals surface area contributed by atoms with Crippen LogP contribution in [0.5, 0.6) is 0 Å². The van der Waals surface area contributed by atoms with Crippen LogP contribution in [0.2, 0.25) is 0 Å². The van der Waals surface area contributed by atoms with E-state index in [1.54, 1.807) is 6.92 Å². The Morgan fingerprint density at radius 2 is 2.00 bits per heavy atom. The van der Waals surface area contributed by atoms with Crippen molar-refractivity contribution >= 4 is 5.91 Å². The zero-order valence-electron chi connectivity index (χ0n) is 7.42. The Morgan fingerprint density at radius 3 is 2.27 bits per heavy atom. The lowest BCUT2D eigenvalue weighted by Gasteiger charge is -2.22. The number of carbonyl (C=O) groups is 1. The van der Waals surface area contributed by atoms with Crippen LogP contribution in [0.4, 0.5) is 0 Å². The number of rotatable bonds is 4. The van der Waals surface area contributed by atoms with E-state index in [1.165, 1.54) is 0 Å². The van der Waals surface area contributed by atoms with E-state index in [0.717, 1.165) is 6.54 Å². The van der Waals surface area contributed by atoms with Gasteiger partial charge in [-0.1, -0.05) is 0 Å². The monoisotopic (exact) mass is 159 g/mol. The summed E-state index contributed by atoms with van der Waals surface area (Å²) in [6, 6.07) is 0. The molecule has 0 bridgehead atoms. The van der Waals surface area contributed by atoms with Gasteiger partial charge in [-0.25, -0.2) is 0 Å². The molecule has 0 saturated heterocycles. The van der Waals surface area contributed by atoms with Crippen molar-refractivity contribution in [1.29, 1.82) is 0 Å². The average molecular weight is 159 g/mol. The highest BCUT2D eigenvalue weighted by Crippen LogP contribution is 2.04. The molecule has 0 aromatic carbocycles. The largest absolute Gasteiger partial charge is 0.368 e. The van der Waals surface area contributed by atoms with Gasteiger partial charge in [0.05, 0.1) is 5.54 Å². The molecule has 0 aliphatic rings. The molecule has 0 fully saturated rings. The number of amides is 1. The summed E-state index contributed by atoms with van der Waals surface area (Å²) in [5, 5.41) is 0. The first-order chi connectivity index (χ1) is 4.86. The van der Waals surface area contributed by atoms with Gasteiger partial charge < -0.3 is 16.4 Å². The second-order valence-electron chi connectivity index (χ2n) is 3.33. The Morgan fingerprint density at radius 1 is 1.55 bits per heavy atom. The second kappa shape index (κ2) is 3.69. The van der Waals surface area contributed by atoms with Crippen LogP contribution in [-0.4, -0.2) is 37.0 Å². The third kappa shape index (κ3) is 3.95. The van der Waals surface area contributed by atoms with E-state index >= 15 is 0 Å². The Hall–Kier alpha value is -0.610. The number of primary amides is 1. The molecule has 0 saturated carbocycles. The molecular formula is C7H17N3O. The third-order valence-electron chi connectivity index (χ3n) is 1.64. The van der Waals surface area contributed by atoms with Gasteiger partial charge in [0, 0.05) is 0 Å². The predicted molar refractivity (Wildman–Crippen MR) is 45.0 cm³/mol. The lowest BCUT2D eigenvalue weighted by atomic mass is 9.99. The molecule has 4 N–H and O–H groups in total. The molecule has 0 aliphatic heterocycles. The van der Waals surface area contributed by atoms with Crippen molar-refractivity contribution < 1.29 is 4.79 Å². The summed E-state index contributed by atoms with van der Waals surface area (Å²) in [5.74, 6) is -0.445. The molecule has 11 heavy (non-hydrogen) atoms. The maximum absolute atomic E-state index is 10.7. The van der Waals surface area contributed by atoms with Crippen molar-refractivity contribution in [2.75, 3.05) is 20.6 Å². The van der Waals surface area contributed by atoms with Crippen LogP contribution in [-0.2, 0) is 4.79 Å². The van der Waals surface area contributed by atoms with Crippen LogP contribution in [0, 0.1) is 0 Å². The van der Waals surface area contributed by atoms with E-state index < -0.39 is 11.4 Å². The fraction of sp³-hybridized carbons (Fsp3) is 0.857. The van der Waals surface area contributed by atoms with Gasteiger partial charge in [-0.15, -0.1) is 0 Å². The molecule has 4 heteroatoms. The molecule has 1 unspecified atom stereocenters. The van der Waals surface area contributed by atoms with Gasteiger partial charge in [-0.3, -0.25) is 4.79 Å². The van der Waals surface area contributed by atoms with Crippen LogP contribution in [0.25, 0.3) is 0 Å². The highest BCUT2D eigenvalue weighted by molar-refractivity contribution is 5.83. The van der Waals surface area contributed by atoms with Crippen molar-refractivity contribution in [1.82, 2.24) is 4.90 Å². The molecule has 0 spiro atoms. The van der Waals surface area contributed by atoms with E-state index in [1.807, 2.05) is 19.0 Å². The van der Waals surface area contributed by atoms with Crippen molar-refractivity contribution in [3.8, 4) is 0 Å². The molecule has 0 radical (unpaired) electrons. The Balaban J connectivity index is 3.83. The predicted octanol–water partition coefficient (Wildman–Crippen LogP) is -0.859. The first kappa shape index (κ1) is 10.4. The first-order valence-electron chi connectivity index (χ1n) is 3.60. The summed E-state index contributed by atoms with van der Waals surface area (Å²) < 4.78 is 0. The van der Waals surface area contributed by atoms with E-state index in [0.29, 0.717) is 6.42 Å².